The van der Waals surface area contributed by atoms with Crippen LogP contribution in [0.4, 0.5) is 0 Å². The van der Waals surface area contributed by atoms with Crippen molar-refractivity contribution in [3.8, 4) is 5.75 Å². The van der Waals surface area contributed by atoms with Gasteiger partial charge in [0.1, 0.15) is 5.75 Å². The minimum absolute atomic E-state index is 0.0956. The summed E-state index contributed by atoms with van der Waals surface area (Å²) in [5.41, 5.74) is 6.18. The molecular formula is C15H22N2O3. The molecule has 1 aliphatic rings. The molecule has 1 saturated carbocycles. The van der Waals surface area contributed by atoms with Crippen LogP contribution in [-0.2, 0) is 11.3 Å². The van der Waals surface area contributed by atoms with Gasteiger partial charge in [-0.25, -0.2) is 0 Å². The van der Waals surface area contributed by atoms with Gasteiger partial charge < -0.3 is 20.9 Å². The summed E-state index contributed by atoms with van der Waals surface area (Å²) in [6, 6.07) is 7.60. The lowest BCUT2D eigenvalue weighted by atomic mass is 10.1. The number of aliphatic hydroxyl groups excluding tert-OH is 1. The molecule has 0 heterocycles. The number of ether oxygens (including phenoxy) is 1. The molecule has 0 aliphatic heterocycles. The van der Waals surface area contributed by atoms with E-state index in [-0.39, 0.29) is 12.7 Å². The topological polar surface area (TPSA) is 84.6 Å². The number of nitrogens with one attached hydrogen (secondary N) is 1. The van der Waals surface area contributed by atoms with Crippen LogP contribution in [0.3, 0.4) is 0 Å². The van der Waals surface area contributed by atoms with Gasteiger partial charge in [-0.05, 0) is 49.4 Å². The van der Waals surface area contributed by atoms with Crippen LogP contribution in [0.15, 0.2) is 24.3 Å². The Kier molecular flexibility index (Phi) is 5.38. The standard InChI is InChI=1S/C15H22N2O3/c16-15(19)10-20-14-5-2-11(3-6-14)8-17-9-12-1-4-13(18)7-12/h2-3,5-6,12-13,17-18H,1,4,7-10H2,(H2,16,19). The van der Waals surface area contributed by atoms with Crippen molar-refractivity contribution < 1.29 is 14.6 Å². The summed E-state index contributed by atoms with van der Waals surface area (Å²) in [7, 11) is 0. The highest BCUT2D eigenvalue weighted by molar-refractivity contribution is 5.75. The fraction of sp³-hybridized carbons (Fsp3) is 0.533. The van der Waals surface area contributed by atoms with E-state index in [1.54, 1.807) is 0 Å². The van der Waals surface area contributed by atoms with Crippen LogP contribution in [0, 0.1) is 5.92 Å². The Balaban J connectivity index is 1.69. The van der Waals surface area contributed by atoms with Gasteiger partial charge in [-0.3, -0.25) is 4.79 Å². The number of aliphatic hydroxyl groups is 1. The van der Waals surface area contributed by atoms with Crippen molar-refractivity contribution in [2.24, 2.45) is 11.7 Å². The Labute approximate surface area is 119 Å². The Morgan fingerprint density at radius 1 is 1.35 bits per heavy atom. The molecule has 4 N–H and O–H groups in total. The number of benzene rings is 1. The number of hydrogen-bond donors (Lipinski definition) is 3. The molecule has 1 aromatic rings. The highest BCUT2D eigenvalue weighted by atomic mass is 16.5. The third-order valence-corrected chi connectivity index (χ3v) is 3.58. The first-order chi connectivity index (χ1) is 9.63. The van der Waals surface area contributed by atoms with Crippen molar-refractivity contribution in [2.75, 3.05) is 13.2 Å². The molecule has 0 saturated heterocycles. The van der Waals surface area contributed by atoms with E-state index in [9.17, 15) is 9.90 Å². The normalized spacial score (nSPS) is 21.9. The van der Waals surface area contributed by atoms with E-state index in [0.29, 0.717) is 11.7 Å². The van der Waals surface area contributed by atoms with Crippen molar-refractivity contribution in [3.05, 3.63) is 29.8 Å². The van der Waals surface area contributed by atoms with Gasteiger partial charge in [0.25, 0.3) is 5.91 Å². The van der Waals surface area contributed by atoms with E-state index in [2.05, 4.69) is 5.32 Å². The van der Waals surface area contributed by atoms with Crippen LogP contribution < -0.4 is 15.8 Å². The largest absolute Gasteiger partial charge is 0.484 e. The van der Waals surface area contributed by atoms with E-state index in [0.717, 1.165) is 37.9 Å². The number of carbonyl (C=O) groups excluding carboxylic acids is 1. The predicted molar refractivity (Wildman–Crippen MR) is 76.2 cm³/mol. The van der Waals surface area contributed by atoms with E-state index in [4.69, 9.17) is 10.5 Å². The lowest BCUT2D eigenvalue weighted by molar-refractivity contribution is -0.119. The zero-order valence-electron chi connectivity index (χ0n) is 11.5. The third kappa shape index (κ3) is 4.83. The van der Waals surface area contributed by atoms with Gasteiger partial charge in [0.15, 0.2) is 6.61 Å². The molecule has 1 aliphatic carbocycles. The third-order valence-electron chi connectivity index (χ3n) is 3.58. The lowest BCUT2D eigenvalue weighted by Gasteiger charge is -2.11. The maximum atomic E-state index is 10.6. The van der Waals surface area contributed by atoms with Crippen LogP contribution >= 0.6 is 0 Å². The first kappa shape index (κ1) is 14.8. The molecule has 110 valence electrons. The first-order valence-corrected chi connectivity index (χ1v) is 7.02. The maximum Gasteiger partial charge on any atom is 0.255 e. The summed E-state index contributed by atoms with van der Waals surface area (Å²) >= 11 is 0. The molecule has 20 heavy (non-hydrogen) atoms. The summed E-state index contributed by atoms with van der Waals surface area (Å²) in [6.45, 7) is 1.64. The molecule has 2 atom stereocenters. The highest BCUT2D eigenvalue weighted by Gasteiger charge is 2.21. The fourth-order valence-electron chi connectivity index (χ4n) is 2.51. The molecule has 5 heteroatoms. The van der Waals surface area contributed by atoms with Crippen molar-refractivity contribution >= 4 is 5.91 Å². The monoisotopic (exact) mass is 278 g/mol. The Bertz CT molecular complexity index is 433. The molecule has 0 radical (unpaired) electrons. The second kappa shape index (κ2) is 7.26. The lowest BCUT2D eigenvalue weighted by Crippen LogP contribution is -2.21. The number of amides is 1. The van der Waals surface area contributed by atoms with Crippen molar-refractivity contribution in [3.63, 3.8) is 0 Å². The van der Waals surface area contributed by atoms with Crippen LogP contribution in [0.25, 0.3) is 0 Å². The van der Waals surface area contributed by atoms with Crippen molar-refractivity contribution in [1.82, 2.24) is 5.32 Å². The number of hydrogen-bond acceptors (Lipinski definition) is 4. The zero-order chi connectivity index (χ0) is 14.4. The van der Waals surface area contributed by atoms with E-state index < -0.39 is 5.91 Å². The second-order valence-electron chi connectivity index (χ2n) is 5.36. The molecule has 0 bridgehead atoms. The van der Waals surface area contributed by atoms with Crippen LogP contribution in [0.5, 0.6) is 5.75 Å². The summed E-state index contributed by atoms with van der Waals surface area (Å²) in [4.78, 5) is 10.6. The Hall–Kier alpha value is -1.59. The minimum Gasteiger partial charge on any atom is -0.484 e. The van der Waals surface area contributed by atoms with Gasteiger partial charge in [-0.15, -0.1) is 0 Å². The predicted octanol–water partition coefficient (Wildman–Crippen LogP) is 0.801. The van der Waals surface area contributed by atoms with Crippen LogP contribution in [0.1, 0.15) is 24.8 Å². The van der Waals surface area contributed by atoms with Gasteiger partial charge in [-0.1, -0.05) is 12.1 Å². The van der Waals surface area contributed by atoms with Gasteiger partial charge in [0, 0.05) is 6.54 Å². The SMILES string of the molecule is NC(=O)COc1ccc(CNCC2CCC(O)C2)cc1. The number of nitrogens with two attached hydrogens (primary N) is 1. The second-order valence-corrected chi connectivity index (χ2v) is 5.36. The Morgan fingerprint density at radius 2 is 2.10 bits per heavy atom. The van der Waals surface area contributed by atoms with Gasteiger partial charge in [0.2, 0.25) is 0 Å². The molecule has 5 nitrogen and oxygen atoms in total. The van der Waals surface area contributed by atoms with Crippen LogP contribution in [0.2, 0.25) is 0 Å². The number of primary amides is 1. The van der Waals surface area contributed by atoms with E-state index in [1.807, 2.05) is 24.3 Å². The average Bonchev–Trinajstić information content (AvgIpc) is 2.83. The number of rotatable bonds is 7. The van der Waals surface area contributed by atoms with E-state index in [1.165, 1.54) is 0 Å². The average molecular weight is 278 g/mol. The molecule has 0 spiro atoms. The molecular weight excluding hydrogens is 256 g/mol. The minimum atomic E-state index is -0.477. The molecule has 1 fully saturated rings. The highest BCUT2D eigenvalue weighted by Crippen LogP contribution is 2.24. The summed E-state index contributed by atoms with van der Waals surface area (Å²) < 4.78 is 5.20. The molecule has 0 aromatic heterocycles. The van der Waals surface area contributed by atoms with Gasteiger partial charge >= 0.3 is 0 Å². The van der Waals surface area contributed by atoms with Crippen LogP contribution in [-0.4, -0.2) is 30.3 Å². The molecule has 2 unspecified atom stereocenters. The van der Waals surface area contributed by atoms with Crippen molar-refractivity contribution in [2.45, 2.75) is 31.9 Å². The van der Waals surface area contributed by atoms with E-state index >= 15 is 0 Å². The Morgan fingerprint density at radius 3 is 2.70 bits per heavy atom. The maximum absolute atomic E-state index is 10.6. The molecule has 2 rings (SSSR count). The van der Waals surface area contributed by atoms with Gasteiger partial charge in [0.05, 0.1) is 6.10 Å². The summed E-state index contributed by atoms with van der Waals surface area (Å²) in [5, 5.41) is 12.9. The van der Waals surface area contributed by atoms with Crippen molar-refractivity contribution in [1.29, 1.82) is 0 Å². The quantitative estimate of drug-likeness (QED) is 0.689. The summed E-state index contributed by atoms with van der Waals surface area (Å²) in [6.07, 6.45) is 2.84. The fourth-order valence-corrected chi connectivity index (χ4v) is 2.51. The summed E-state index contributed by atoms with van der Waals surface area (Å²) in [5.74, 6) is 0.754. The zero-order valence-corrected chi connectivity index (χ0v) is 11.5. The first-order valence-electron chi connectivity index (χ1n) is 7.02. The molecule has 1 amide bonds. The number of carbonyl (C=O) groups is 1. The smallest absolute Gasteiger partial charge is 0.255 e. The molecule has 1 aromatic carbocycles. The van der Waals surface area contributed by atoms with Gasteiger partial charge in [-0.2, -0.15) is 0 Å².